The first-order valence-corrected chi connectivity index (χ1v) is 13.7. The number of nitriles is 2. The molecule has 5 aromatic rings. The van der Waals surface area contributed by atoms with Crippen molar-refractivity contribution in [1.29, 1.82) is 10.5 Å². The molecule has 3 aromatic heterocycles. The van der Waals surface area contributed by atoms with Crippen LogP contribution in [0.25, 0.3) is 0 Å². The monoisotopic (exact) mass is 561 g/mol. The number of carbonyl (C=O) groups is 1. The van der Waals surface area contributed by atoms with Gasteiger partial charge in [-0.25, -0.2) is 0 Å². The molecule has 0 radical (unpaired) electrons. The second-order valence-electron chi connectivity index (χ2n) is 9.05. The first kappa shape index (κ1) is 31.1. The maximum absolute atomic E-state index is 10.3. The summed E-state index contributed by atoms with van der Waals surface area (Å²) >= 11 is 0. The second kappa shape index (κ2) is 18.8. The zero-order chi connectivity index (χ0) is 29.7. The molecule has 214 valence electrons. The normalized spacial score (nSPS) is 9.79. The number of H-pyrrole nitrogens is 3. The number of unbranched alkanes of at least 4 members (excludes halogenated alkanes) is 2. The van der Waals surface area contributed by atoms with E-state index in [9.17, 15) is 4.79 Å². The lowest BCUT2D eigenvalue weighted by molar-refractivity contribution is 0.112. The summed E-state index contributed by atoms with van der Waals surface area (Å²) in [5.41, 5.74) is 4.12. The number of nitrogens with one attached hydrogen (secondary N) is 3. The Morgan fingerprint density at radius 2 is 1.17 bits per heavy atom. The van der Waals surface area contributed by atoms with Crippen LogP contribution in [0.5, 0.6) is 11.5 Å². The van der Waals surface area contributed by atoms with Gasteiger partial charge in [-0.2, -0.15) is 10.5 Å². The highest BCUT2D eigenvalue weighted by atomic mass is 16.5. The summed E-state index contributed by atoms with van der Waals surface area (Å²) in [6, 6.07) is 31.3. The Balaban J connectivity index is 0.000000215. The van der Waals surface area contributed by atoms with Gasteiger partial charge in [0.05, 0.1) is 31.3 Å². The zero-order valence-electron chi connectivity index (χ0n) is 23.4. The highest BCUT2D eigenvalue weighted by Gasteiger charge is 2.18. The lowest BCUT2D eigenvalue weighted by Gasteiger charge is -2.16. The molecule has 0 bridgehead atoms. The van der Waals surface area contributed by atoms with Gasteiger partial charge in [0.25, 0.3) is 0 Å². The number of carbonyl (C=O) groups excluding carboxylic acids is 1. The minimum absolute atomic E-state index is 0.146. The average Bonchev–Trinajstić information content (AvgIpc) is 3.86. The molecule has 0 aliphatic carbocycles. The summed E-state index contributed by atoms with van der Waals surface area (Å²) in [5.74, 6) is 1.71. The zero-order valence-corrected chi connectivity index (χ0v) is 23.4. The van der Waals surface area contributed by atoms with E-state index in [2.05, 4.69) is 45.3 Å². The Labute approximate surface area is 246 Å². The Kier molecular flexibility index (Phi) is 13.9. The van der Waals surface area contributed by atoms with Crippen molar-refractivity contribution in [3.63, 3.8) is 0 Å². The van der Waals surface area contributed by atoms with E-state index in [1.807, 2.05) is 67.3 Å². The van der Waals surface area contributed by atoms with Crippen LogP contribution in [0, 0.1) is 22.7 Å². The molecule has 0 atom stereocenters. The van der Waals surface area contributed by atoms with Crippen molar-refractivity contribution < 1.29 is 14.3 Å². The number of hydrogen-bond acceptors (Lipinski definition) is 5. The van der Waals surface area contributed by atoms with Crippen molar-refractivity contribution in [1.82, 2.24) is 15.0 Å². The molecule has 0 aliphatic heterocycles. The molecule has 0 aliphatic rings. The van der Waals surface area contributed by atoms with E-state index in [0.717, 1.165) is 42.0 Å². The summed E-state index contributed by atoms with van der Waals surface area (Å²) in [7, 11) is 0. The predicted octanol–water partition coefficient (Wildman–Crippen LogP) is 7.40. The van der Waals surface area contributed by atoms with Crippen molar-refractivity contribution in [3.05, 3.63) is 132 Å². The van der Waals surface area contributed by atoms with Crippen LogP contribution in [0.1, 0.15) is 58.9 Å². The van der Waals surface area contributed by atoms with Crippen molar-refractivity contribution in [2.24, 2.45) is 0 Å². The summed E-state index contributed by atoms with van der Waals surface area (Å²) in [4.78, 5) is 19.8. The molecule has 0 saturated heterocycles. The Bertz CT molecular complexity index is 1400. The van der Waals surface area contributed by atoms with Crippen LogP contribution in [0.3, 0.4) is 0 Å². The van der Waals surface area contributed by atoms with Gasteiger partial charge in [-0.3, -0.25) is 4.79 Å². The molecular weight excluding hydrogens is 526 g/mol. The van der Waals surface area contributed by atoms with Crippen LogP contribution in [0.2, 0.25) is 0 Å². The van der Waals surface area contributed by atoms with E-state index < -0.39 is 0 Å². The van der Waals surface area contributed by atoms with Crippen LogP contribution in [-0.4, -0.2) is 34.5 Å². The van der Waals surface area contributed by atoms with Crippen molar-refractivity contribution in [3.8, 4) is 23.6 Å². The highest BCUT2D eigenvalue weighted by Crippen LogP contribution is 2.30. The number of nitrogens with zero attached hydrogens (tertiary/aromatic N) is 2. The first-order chi connectivity index (χ1) is 20.7. The van der Waals surface area contributed by atoms with E-state index >= 15 is 0 Å². The predicted molar refractivity (Wildman–Crippen MR) is 162 cm³/mol. The molecule has 0 unspecified atom stereocenters. The molecule has 0 saturated carbocycles. The number of rotatable bonds is 12. The van der Waals surface area contributed by atoms with Crippen LogP contribution in [0.15, 0.2) is 110 Å². The molecule has 2 aromatic carbocycles. The van der Waals surface area contributed by atoms with E-state index in [1.165, 1.54) is 5.56 Å². The highest BCUT2D eigenvalue weighted by molar-refractivity contribution is 5.74. The van der Waals surface area contributed by atoms with Crippen LogP contribution in [-0.2, 0) is 0 Å². The maximum Gasteiger partial charge on any atom is 0.150 e. The second-order valence-corrected chi connectivity index (χ2v) is 9.05. The van der Waals surface area contributed by atoms with Gasteiger partial charge in [0.1, 0.15) is 17.8 Å². The van der Waals surface area contributed by atoms with E-state index in [1.54, 1.807) is 24.3 Å². The number of aromatic nitrogens is 3. The Hall–Kier alpha value is -5.47. The first-order valence-electron chi connectivity index (χ1n) is 13.7. The smallest absolute Gasteiger partial charge is 0.150 e. The minimum atomic E-state index is 0.146. The van der Waals surface area contributed by atoms with Crippen molar-refractivity contribution in [2.75, 3.05) is 13.2 Å². The number of hydrogen-bond donors (Lipinski definition) is 3. The SMILES string of the molecule is N#CCCCOc1ccc(C(c2ccc[nH]2)c2ccc[nH]2)cc1.N#CCCCOc1ccc(C=O)cc1.c1cc[nH]c1. The molecule has 0 spiro atoms. The largest absolute Gasteiger partial charge is 0.494 e. The summed E-state index contributed by atoms with van der Waals surface area (Å²) < 4.78 is 11.0. The quantitative estimate of drug-likeness (QED) is 0.108. The van der Waals surface area contributed by atoms with Crippen LogP contribution >= 0.6 is 0 Å². The Morgan fingerprint density at radius 1 is 0.667 bits per heavy atom. The number of aromatic amines is 3. The van der Waals surface area contributed by atoms with E-state index in [4.69, 9.17) is 20.0 Å². The third-order valence-electron chi connectivity index (χ3n) is 5.99. The van der Waals surface area contributed by atoms with Gasteiger partial charge < -0.3 is 24.4 Å². The van der Waals surface area contributed by atoms with Gasteiger partial charge >= 0.3 is 0 Å². The molecule has 3 N–H and O–H groups in total. The topological polar surface area (TPSA) is 130 Å². The van der Waals surface area contributed by atoms with Gasteiger partial charge in [-0.15, -0.1) is 0 Å². The molecule has 42 heavy (non-hydrogen) atoms. The van der Waals surface area contributed by atoms with Gasteiger partial charge in [-0.05, 0) is 91.2 Å². The third kappa shape index (κ3) is 11.0. The molecule has 3 heterocycles. The van der Waals surface area contributed by atoms with Gasteiger partial charge in [0, 0.05) is 54.6 Å². The molecule has 0 amide bonds. The fourth-order valence-electron chi connectivity index (χ4n) is 3.93. The average molecular weight is 562 g/mol. The third-order valence-corrected chi connectivity index (χ3v) is 5.99. The van der Waals surface area contributed by atoms with Crippen molar-refractivity contribution >= 4 is 6.29 Å². The lowest BCUT2D eigenvalue weighted by Crippen LogP contribution is -2.04. The number of aldehydes is 1. The summed E-state index contributed by atoms with van der Waals surface area (Å²) in [5, 5.41) is 16.8. The molecule has 0 fully saturated rings. The van der Waals surface area contributed by atoms with Gasteiger partial charge in [-0.1, -0.05) is 12.1 Å². The van der Waals surface area contributed by atoms with Crippen LogP contribution < -0.4 is 9.47 Å². The van der Waals surface area contributed by atoms with Gasteiger partial charge in [0.15, 0.2) is 0 Å². The molecule has 8 heteroatoms. The maximum atomic E-state index is 10.3. The lowest BCUT2D eigenvalue weighted by atomic mass is 9.92. The summed E-state index contributed by atoms with van der Waals surface area (Å²) in [6.07, 6.45) is 10.9. The van der Waals surface area contributed by atoms with Gasteiger partial charge in [0.2, 0.25) is 0 Å². The summed E-state index contributed by atoms with van der Waals surface area (Å²) in [6.45, 7) is 1.11. The number of ether oxygens (including phenoxy) is 2. The fraction of sp³-hybridized carbons (Fsp3) is 0.206. The van der Waals surface area contributed by atoms with E-state index in [0.29, 0.717) is 31.6 Å². The number of benzene rings is 2. The standard InChI is InChI=1S/C19H19N3O.C11H11NO2.C4H5N/c20-11-1-2-14-23-16-9-7-15(8-10-16)19(17-5-3-12-21-17)18-6-4-13-22-18;12-7-1-2-8-14-11-5-3-10(9-13)4-6-11;1-2-4-5-3-1/h3-10,12-13,19,21-22H,1-2,14H2;3-6,9H,1-2,8H2;1-5H. The molecule has 5 rings (SSSR count). The molecule has 8 nitrogen and oxygen atoms in total. The van der Waals surface area contributed by atoms with Crippen LogP contribution in [0.4, 0.5) is 0 Å². The minimum Gasteiger partial charge on any atom is -0.494 e. The van der Waals surface area contributed by atoms with E-state index in [-0.39, 0.29) is 5.92 Å². The Morgan fingerprint density at radius 3 is 1.55 bits per heavy atom. The fourth-order valence-corrected chi connectivity index (χ4v) is 3.93. The van der Waals surface area contributed by atoms with Crippen molar-refractivity contribution in [2.45, 2.75) is 31.6 Å². The molecular formula is C34H35N5O3.